The van der Waals surface area contributed by atoms with Gasteiger partial charge in [0.25, 0.3) is 0 Å². The second kappa shape index (κ2) is 7.51. The van der Waals surface area contributed by atoms with E-state index in [0.717, 1.165) is 18.9 Å². The molecule has 18 heavy (non-hydrogen) atoms. The number of unbranched alkanes of at least 4 members (excludes halogenated alkanes) is 2. The summed E-state index contributed by atoms with van der Waals surface area (Å²) in [6, 6.07) is 0. The number of hydrogen-bond acceptors (Lipinski definition) is 4. The number of nitrogens with zero attached hydrogens (tertiary/aromatic N) is 1. The van der Waals surface area contributed by atoms with Crippen LogP contribution in [-0.4, -0.2) is 42.2 Å². The average Bonchev–Trinajstić information content (AvgIpc) is 3.02. The van der Waals surface area contributed by atoms with Crippen LogP contribution < -0.4 is 0 Å². The number of ether oxygens (including phenoxy) is 3. The Kier molecular flexibility index (Phi) is 5.64. The van der Waals surface area contributed by atoms with Crippen LogP contribution in [0.1, 0.15) is 32.0 Å². The summed E-state index contributed by atoms with van der Waals surface area (Å²) in [6.07, 6.45) is 7.64. The number of nitrogens with one attached hydrogen (secondary N) is 1. The number of imidazole rings is 1. The van der Waals surface area contributed by atoms with Gasteiger partial charge in [-0.3, -0.25) is 0 Å². The largest absolute Gasteiger partial charge is 0.379 e. The first kappa shape index (κ1) is 13.5. The Morgan fingerprint density at radius 1 is 1.50 bits per heavy atom. The van der Waals surface area contributed by atoms with Gasteiger partial charge in [-0.1, -0.05) is 19.8 Å². The summed E-state index contributed by atoms with van der Waals surface area (Å²) in [5.74, 6) is 0.893. The third-order valence-corrected chi connectivity index (χ3v) is 2.92. The van der Waals surface area contributed by atoms with Crippen molar-refractivity contribution < 1.29 is 14.2 Å². The topological polar surface area (TPSA) is 56.4 Å². The molecule has 1 fully saturated rings. The van der Waals surface area contributed by atoms with Crippen LogP contribution in [0.25, 0.3) is 0 Å². The van der Waals surface area contributed by atoms with Crippen LogP contribution in [0, 0.1) is 0 Å². The zero-order valence-electron chi connectivity index (χ0n) is 10.9. The molecule has 1 aliphatic rings. The molecular weight excluding hydrogens is 232 g/mol. The third-order valence-electron chi connectivity index (χ3n) is 2.92. The SMILES string of the molecule is CCCCCOCC1COC(Cc2ncc[nH]2)O1. The van der Waals surface area contributed by atoms with Gasteiger partial charge >= 0.3 is 0 Å². The summed E-state index contributed by atoms with van der Waals surface area (Å²) in [7, 11) is 0. The third kappa shape index (κ3) is 4.40. The van der Waals surface area contributed by atoms with Gasteiger partial charge < -0.3 is 19.2 Å². The molecule has 1 saturated heterocycles. The number of rotatable bonds is 8. The Bertz CT molecular complexity index is 316. The Hall–Kier alpha value is -0.910. The first-order valence-electron chi connectivity index (χ1n) is 6.71. The standard InChI is InChI=1S/C13H22N2O3/c1-2-3-4-7-16-9-11-10-17-13(18-11)8-12-14-5-6-15-12/h5-6,11,13H,2-4,7-10H2,1H3,(H,14,15). The molecule has 2 atom stereocenters. The van der Waals surface area contributed by atoms with Gasteiger partial charge in [0.2, 0.25) is 0 Å². The van der Waals surface area contributed by atoms with Crippen molar-refractivity contribution in [2.24, 2.45) is 0 Å². The molecule has 0 radical (unpaired) electrons. The Balaban J connectivity index is 1.57. The van der Waals surface area contributed by atoms with E-state index in [1.165, 1.54) is 12.8 Å². The fourth-order valence-corrected chi connectivity index (χ4v) is 1.94. The summed E-state index contributed by atoms with van der Waals surface area (Å²) in [5.41, 5.74) is 0. The van der Waals surface area contributed by atoms with E-state index in [4.69, 9.17) is 14.2 Å². The first-order valence-corrected chi connectivity index (χ1v) is 6.71. The maximum Gasteiger partial charge on any atom is 0.165 e. The fraction of sp³-hybridized carbons (Fsp3) is 0.769. The summed E-state index contributed by atoms with van der Waals surface area (Å²) in [6.45, 7) is 4.24. The highest BCUT2D eigenvalue weighted by atomic mass is 16.7. The zero-order valence-corrected chi connectivity index (χ0v) is 10.9. The number of aromatic amines is 1. The molecule has 5 heteroatoms. The summed E-state index contributed by atoms with van der Waals surface area (Å²) >= 11 is 0. The lowest BCUT2D eigenvalue weighted by molar-refractivity contribution is -0.0707. The summed E-state index contributed by atoms with van der Waals surface area (Å²) in [5, 5.41) is 0. The predicted octanol–water partition coefficient (Wildman–Crippen LogP) is 1.90. The average molecular weight is 254 g/mol. The quantitative estimate of drug-likeness (QED) is 0.720. The summed E-state index contributed by atoms with van der Waals surface area (Å²) in [4.78, 5) is 7.20. The monoisotopic (exact) mass is 254 g/mol. The van der Waals surface area contributed by atoms with E-state index >= 15 is 0 Å². The highest BCUT2D eigenvalue weighted by Gasteiger charge is 2.26. The second-order valence-corrected chi connectivity index (χ2v) is 4.54. The molecule has 5 nitrogen and oxygen atoms in total. The number of aromatic nitrogens is 2. The Morgan fingerprint density at radius 3 is 3.22 bits per heavy atom. The Labute approximate surface area is 108 Å². The fourth-order valence-electron chi connectivity index (χ4n) is 1.94. The van der Waals surface area contributed by atoms with Gasteiger partial charge in [-0.05, 0) is 6.42 Å². The predicted molar refractivity (Wildman–Crippen MR) is 67.2 cm³/mol. The smallest absolute Gasteiger partial charge is 0.165 e. The van der Waals surface area contributed by atoms with E-state index < -0.39 is 0 Å². The molecule has 2 heterocycles. The molecule has 0 spiro atoms. The second-order valence-electron chi connectivity index (χ2n) is 4.54. The van der Waals surface area contributed by atoms with Crippen molar-refractivity contribution in [2.45, 2.75) is 45.0 Å². The van der Waals surface area contributed by atoms with Crippen LogP contribution in [0.3, 0.4) is 0 Å². The number of H-pyrrole nitrogens is 1. The van der Waals surface area contributed by atoms with Gasteiger partial charge in [0.15, 0.2) is 6.29 Å². The normalized spacial score (nSPS) is 23.6. The molecule has 0 saturated carbocycles. The number of hydrogen-bond donors (Lipinski definition) is 1. The van der Waals surface area contributed by atoms with Crippen LogP contribution in [0.2, 0.25) is 0 Å². The molecule has 1 aliphatic heterocycles. The van der Waals surface area contributed by atoms with E-state index in [1.54, 1.807) is 12.4 Å². The van der Waals surface area contributed by atoms with Crippen molar-refractivity contribution in [3.8, 4) is 0 Å². The van der Waals surface area contributed by atoms with E-state index in [0.29, 0.717) is 19.6 Å². The van der Waals surface area contributed by atoms with Crippen LogP contribution in [-0.2, 0) is 20.6 Å². The van der Waals surface area contributed by atoms with E-state index in [9.17, 15) is 0 Å². The van der Waals surface area contributed by atoms with E-state index in [-0.39, 0.29) is 12.4 Å². The van der Waals surface area contributed by atoms with E-state index in [2.05, 4.69) is 16.9 Å². The molecule has 2 unspecified atom stereocenters. The molecule has 102 valence electrons. The highest BCUT2D eigenvalue weighted by Crippen LogP contribution is 2.15. The van der Waals surface area contributed by atoms with Gasteiger partial charge in [-0.2, -0.15) is 0 Å². The van der Waals surface area contributed by atoms with Gasteiger partial charge in [-0.25, -0.2) is 4.98 Å². The minimum atomic E-state index is -0.194. The molecule has 2 rings (SSSR count). The molecule has 0 aliphatic carbocycles. The van der Waals surface area contributed by atoms with E-state index in [1.807, 2.05) is 0 Å². The minimum Gasteiger partial charge on any atom is -0.379 e. The molecule has 0 bridgehead atoms. The lowest BCUT2D eigenvalue weighted by Gasteiger charge is -2.10. The van der Waals surface area contributed by atoms with Gasteiger partial charge in [0.05, 0.1) is 19.6 Å². The van der Waals surface area contributed by atoms with Crippen molar-refractivity contribution in [3.05, 3.63) is 18.2 Å². The van der Waals surface area contributed by atoms with Gasteiger partial charge in [-0.15, -0.1) is 0 Å². The van der Waals surface area contributed by atoms with Gasteiger partial charge in [0.1, 0.15) is 11.9 Å². The van der Waals surface area contributed by atoms with Crippen molar-refractivity contribution >= 4 is 0 Å². The van der Waals surface area contributed by atoms with Crippen LogP contribution in [0.4, 0.5) is 0 Å². The lowest BCUT2D eigenvalue weighted by atomic mass is 10.3. The molecule has 0 aromatic carbocycles. The van der Waals surface area contributed by atoms with Crippen molar-refractivity contribution in [1.82, 2.24) is 9.97 Å². The lowest BCUT2D eigenvalue weighted by Crippen LogP contribution is -2.20. The van der Waals surface area contributed by atoms with Crippen LogP contribution in [0.5, 0.6) is 0 Å². The molecule has 1 aromatic heterocycles. The van der Waals surface area contributed by atoms with Crippen molar-refractivity contribution in [2.75, 3.05) is 19.8 Å². The highest BCUT2D eigenvalue weighted by molar-refractivity contribution is 4.88. The van der Waals surface area contributed by atoms with Crippen LogP contribution >= 0.6 is 0 Å². The molecule has 0 amide bonds. The molecule has 1 N–H and O–H groups in total. The van der Waals surface area contributed by atoms with Gasteiger partial charge in [0, 0.05) is 19.0 Å². The maximum atomic E-state index is 5.73. The van der Waals surface area contributed by atoms with Crippen molar-refractivity contribution in [3.63, 3.8) is 0 Å². The minimum absolute atomic E-state index is 0.0617. The van der Waals surface area contributed by atoms with Crippen molar-refractivity contribution in [1.29, 1.82) is 0 Å². The zero-order chi connectivity index (χ0) is 12.6. The Morgan fingerprint density at radius 2 is 2.44 bits per heavy atom. The molecule has 1 aromatic rings. The van der Waals surface area contributed by atoms with Crippen LogP contribution in [0.15, 0.2) is 12.4 Å². The maximum absolute atomic E-state index is 5.73. The first-order chi connectivity index (χ1) is 8.88. The summed E-state index contributed by atoms with van der Waals surface area (Å²) < 4.78 is 16.9. The molecular formula is C13H22N2O3.